The first kappa shape index (κ1) is 17.1. The van der Waals surface area contributed by atoms with Crippen LogP contribution in [0.5, 0.6) is 0 Å². The molecule has 1 saturated carbocycles. The van der Waals surface area contributed by atoms with Crippen molar-refractivity contribution in [2.75, 3.05) is 0 Å². The number of amides is 1. The van der Waals surface area contributed by atoms with Crippen molar-refractivity contribution in [2.45, 2.75) is 56.6 Å². The minimum absolute atomic E-state index is 0.162. The molecule has 2 N–H and O–H groups in total. The molecular formula is C11H15F6NO2. The van der Waals surface area contributed by atoms with Crippen LogP contribution >= 0.6 is 0 Å². The van der Waals surface area contributed by atoms with Crippen molar-refractivity contribution in [2.24, 2.45) is 5.92 Å². The molecule has 0 spiro atoms. The molecule has 1 aliphatic carbocycles. The van der Waals surface area contributed by atoms with Crippen molar-refractivity contribution in [3.8, 4) is 0 Å². The Balaban J connectivity index is 2.80. The number of hydrogen-bond acceptors (Lipinski definition) is 2. The predicted molar refractivity (Wildman–Crippen MR) is 56.6 cm³/mol. The summed E-state index contributed by atoms with van der Waals surface area (Å²) < 4.78 is 74.1. The Morgan fingerprint density at radius 3 is 2.00 bits per heavy atom. The zero-order chi connectivity index (χ0) is 15.6. The van der Waals surface area contributed by atoms with E-state index in [1.165, 1.54) is 0 Å². The lowest BCUT2D eigenvalue weighted by atomic mass is 10.0. The van der Waals surface area contributed by atoms with Crippen molar-refractivity contribution in [1.82, 2.24) is 5.32 Å². The molecule has 0 aromatic heterocycles. The van der Waals surface area contributed by atoms with Crippen LogP contribution in [-0.4, -0.2) is 35.5 Å². The van der Waals surface area contributed by atoms with Gasteiger partial charge in [-0.3, -0.25) is 4.79 Å². The molecule has 0 aromatic carbocycles. The highest BCUT2D eigenvalue weighted by molar-refractivity contribution is 5.80. The summed E-state index contributed by atoms with van der Waals surface area (Å²) in [6.07, 6.45) is -10.3. The van der Waals surface area contributed by atoms with E-state index in [9.17, 15) is 36.2 Å². The van der Waals surface area contributed by atoms with Gasteiger partial charge in [-0.1, -0.05) is 19.3 Å². The minimum atomic E-state index is -5.71. The Morgan fingerprint density at radius 1 is 1.00 bits per heavy atom. The third kappa shape index (κ3) is 4.53. The first-order chi connectivity index (χ1) is 9.03. The third-order valence-electron chi connectivity index (χ3n) is 3.22. The van der Waals surface area contributed by atoms with E-state index in [4.69, 9.17) is 0 Å². The summed E-state index contributed by atoms with van der Waals surface area (Å²) in [7, 11) is 0. The number of nitrogens with one attached hydrogen (secondary N) is 1. The molecule has 0 radical (unpaired) electrons. The molecule has 2 atom stereocenters. The number of alkyl halides is 6. The number of aliphatic hydroxyl groups is 1. The fraction of sp³-hybridized carbons (Fsp3) is 0.909. The maximum atomic E-state index is 12.4. The molecule has 0 aromatic rings. The molecule has 0 aliphatic heterocycles. The maximum absolute atomic E-state index is 12.4. The SMILES string of the molecule is O=C(NC1CCCCCC1O)C(C(F)(F)F)C(F)(F)F. The minimum Gasteiger partial charge on any atom is -0.391 e. The fourth-order valence-corrected chi connectivity index (χ4v) is 2.21. The number of hydrogen-bond donors (Lipinski definition) is 2. The molecule has 20 heavy (non-hydrogen) atoms. The van der Waals surface area contributed by atoms with Gasteiger partial charge in [0.2, 0.25) is 11.8 Å². The van der Waals surface area contributed by atoms with Gasteiger partial charge in [-0.25, -0.2) is 0 Å². The Labute approximate surface area is 111 Å². The van der Waals surface area contributed by atoms with E-state index in [2.05, 4.69) is 0 Å². The van der Waals surface area contributed by atoms with Crippen LogP contribution in [0.2, 0.25) is 0 Å². The van der Waals surface area contributed by atoms with Crippen LogP contribution < -0.4 is 5.32 Å². The van der Waals surface area contributed by atoms with Gasteiger partial charge in [0, 0.05) is 0 Å². The molecule has 118 valence electrons. The van der Waals surface area contributed by atoms with Crippen LogP contribution in [0.1, 0.15) is 32.1 Å². The molecule has 3 nitrogen and oxygen atoms in total. The van der Waals surface area contributed by atoms with E-state index < -0.39 is 36.3 Å². The van der Waals surface area contributed by atoms with Crippen molar-refractivity contribution in [3.63, 3.8) is 0 Å². The molecular weight excluding hydrogens is 292 g/mol. The summed E-state index contributed by atoms with van der Waals surface area (Å²) >= 11 is 0. The van der Waals surface area contributed by atoms with E-state index in [-0.39, 0.29) is 12.8 Å². The monoisotopic (exact) mass is 307 g/mol. The number of rotatable bonds is 2. The summed E-state index contributed by atoms with van der Waals surface area (Å²) in [6.45, 7) is 0. The van der Waals surface area contributed by atoms with Crippen LogP contribution in [0.25, 0.3) is 0 Å². The Bertz CT molecular complexity index is 327. The summed E-state index contributed by atoms with van der Waals surface area (Å²) in [5.74, 6) is -6.22. The van der Waals surface area contributed by atoms with Crippen molar-refractivity contribution in [1.29, 1.82) is 0 Å². The number of aliphatic hydroxyl groups excluding tert-OH is 1. The predicted octanol–water partition coefficient (Wildman–Crippen LogP) is 2.54. The average Bonchev–Trinajstić information content (AvgIpc) is 2.39. The molecule has 0 heterocycles. The van der Waals surface area contributed by atoms with Gasteiger partial charge in [-0.2, -0.15) is 26.3 Å². The third-order valence-corrected chi connectivity index (χ3v) is 3.22. The lowest BCUT2D eigenvalue weighted by Crippen LogP contribution is -2.52. The summed E-state index contributed by atoms with van der Waals surface area (Å²) in [5, 5.41) is 11.3. The molecule has 2 unspecified atom stereocenters. The van der Waals surface area contributed by atoms with Gasteiger partial charge in [-0.15, -0.1) is 0 Å². The van der Waals surface area contributed by atoms with Crippen LogP contribution in [0.4, 0.5) is 26.3 Å². The lowest BCUT2D eigenvalue weighted by Gasteiger charge is -2.27. The summed E-state index contributed by atoms with van der Waals surface area (Å²) in [4.78, 5) is 11.3. The Morgan fingerprint density at radius 2 is 1.50 bits per heavy atom. The van der Waals surface area contributed by atoms with Gasteiger partial charge in [0.25, 0.3) is 0 Å². The lowest BCUT2D eigenvalue weighted by molar-refractivity contribution is -0.274. The zero-order valence-corrected chi connectivity index (χ0v) is 10.4. The van der Waals surface area contributed by atoms with Gasteiger partial charge in [-0.05, 0) is 12.8 Å². The topological polar surface area (TPSA) is 49.3 Å². The van der Waals surface area contributed by atoms with Gasteiger partial charge in [0.15, 0.2) is 0 Å². The normalized spacial score (nSPS) is 25.4. The van der Waals surface area contributed by atoms with E-state index in [0.29, 0.717) is 19.3 Å². The van der Waals surface area contributed by atoms with Crippen LogP contribution in [0, 0.1) is 5.92 Å². The smallest absolute Gasteiger partial charge is 0.391 e. The second kappa shape index (κ2) is 6.19. The Kier molecular flexibility index (Phi) is 5.28. The molecule has 9 heteroatoms. The van der Waals surface area contributed by atoms with Gasteiger partial charge in [0.1, 0.15) is 0 Å². The van der Waals surface area contributed by atoms with Crippen LogP contribution in [0.15, 0.2) is 0 Å². The van der Waals surface area contributed by atoms with E-state index in [1.807, 2.05) is 0 Å². The number of halogens is 6. The number of carbonyl (C=O) groups is 1. The van der Waals surface area contributed by atoms with Crippen molar-refractivity contribution < 1.29 is 36.2 Å². The van der Waals surface area contributed by atoms with Gasteiger partial charge >= 0.3 is 12.4 Å². The molecule has 1 aliphatic rings. The van der Waals surface area contributed by atoms with Gasteiger partial charge < -0.3 is 10.4 Å². The quantitative estimate of drug-likeness (QED) is 0.608. The molecule has 1 amide bonds. The van der Waals surface area contributed by atoms with E-state index in [1.54, 1.807) is 5.32 Å². The zero-order valence-electron chi connectivity index (χ0n) is 10.4. The fourth-order valence-electron chi connectivity index (χ4n) is 2.21. The van der Waals surface area contributed by atoms with Crippen LogP contribution in [0.3, 0.4) is 0 Å². The number of carbonyl (C=O) groups excluding carboxylic acids is 1. The first-order valence-corrected chi connectivity index (χ1v) is 6.15. The molecule has 1 rings (SSSR count). The van der Waals surface area contributed by atoms with Gasteiger partial charge in [0.05, 0.1) is 12.1 Å². The Hall–Kier alpha value is -0.990. The van der Waals surface area contributed by atoms with Crippen molar-refractivity contribution in [3.05, 3.63) is 0 Å². The van der Waals surface area contributed by atoms with E-state index >= 15 is 0 Å². The summed E-state index contributed by atoms with van der Waals surface area (Å²) in [5.41, 5.74) is 0. The van der Waals surface area contributed by atoms with Crippen LogP contribution in [-0.2, 0) is 4.79 Å². The standard InChI is InChI=1S/C11H15F6NO2/c12-10(13,14)8(11(15,16)17)9(20)18-6-4-2-1-3-5-7(6)19/h6-8,19H,1-5H2,(H,18,20). The van der Waals surface area contributed by atoms with E-state index in [0.717, 1.165) is 0 Å². The first-order valence-electron chi connectivity index (χ1n) is 6.15. The maximum Gasteiger partial charge on any atom is 0.409 e. The molecule has 1 fully saturated rings. The second-order valence-electron chi connectivity index (χ2n) is 4.84. The highest BCUT2D eigenvalue weighted by Gasteiger charge is 2.61. The summed E-state index contributed by atoms with van der Waals surface area (Å²) in [6, 6.07) is -1.07. The highest BCUT2D eigenvalue weighted by Crippen LogP contribution is 2.39. The molecule has 0 saturated heterocycles. The average molecular weight is 307 g/mol. The highest BCUT2D eigenvalue weighted by atomic mass is 19.4. The van der Waals surface area contributed by atoms with Crippen molar-refractivity contribution >= 4 is 5.91 Å². The largest absolute Gasteiger partial charge is 0.409 e. The second-order valence-corrected chi connectivity index (χ2v) is 4.84. The molecule has 0 bridgehead atoms.